The van der Waals surface area contributed by atoms with Gasteiger partial charge in [-0.1, -0.05) is 19.3 Å². The Balaban J connectivity index is 1.77. The van der Waals surface area contributed by atoms with Crippen LogP contribution < -0.4 is 5.32 Å². The number of hydrogen-bond donors (Lipinski definition) is 1. The van der Waals surface area contributed by atoms with Crippen molar-refractivity contribution < 1.29 is 0 Å². The van der Waals surface area contributed by atoms with Gasteiger partial charge in [-0.05, 0) is 26.7 Å². The molecule has 0 radical (unpaired) electrons. The Labute approximate surface area is 98.3 Å². The molecule has 0 saturated heterocycles. The van der Waals surface area contributed by atoms with Crippen molar-refractivity contribution in [3.63, 3.8) is 0 Å². The first-order chi connectivity index (χ1) is 7.70. The highest BCUT2D eigenvalue weighted by Crippen LogP contribution is 2.27. The number of nitrogens with zero attached hydrogens (tertiary/aromatic N) is 2. The van der Waals surface area contributed by atoms with Gasteiger partial charge in [0.05, 0.1) is 0 Å². The van der Waals surface area contributed by atoms with Gasteiger partial charge in [-0.2, -0.15) is 0 Å². The summed E-state index contributed by atoms with van der Waals surface area (Å²) in [6.45, 7) is 6.50. The molecule has 3 heteroatoms. The second-order valence-corrected chi connectivity index (χ2v) is 5.22. The lowest BCUT2D eigenvalue weighted by molar-refractivity contribution is 0.251. The van der Waals surface area contributed by atoms with Gasteiger partial charge in [-0.3, -0.25) is 0 Å². The van der Waals surface area contributed by atoms with Crippen molar-refractivity contribution in [2.45, 2.75) is 58.0 Å². The minimum Gasteiger partial charge on any atom is -0.334 e. The fourth-order valence-electron chi connectivity index (χ4n) is 2.63. The normalized spacial score (nSPS) is 19.9. The van der Waals surface area contributed by atoms with Crippen LogP contribution in [0, 0.1) is 6.92 Å². The first-order valence-corrected chi connectivity index (χ1v) is 6.42. The number of hydrogen-bond acceptors (Lipinski definition) is 2. The Morgan fingerprint density at radius 1 is 1.38 bits per heavy atom. The van der Waals surface area contributed by atoms with Crippen molar-refractivity contribution >= 4 is 0 Å². The average Bonchev–Trinajstić information content (AvgIpc) is 2.65. The van der Waals surface area contributed by atoms with Crippen LogP contribution in [0.5, 0.6) is 0 Å². The van der Waals surface area contributed by atoms with Crippen LogP contribution in [-0.4, -0.2) is 21.6 Å². The molecule has 0 bridgehead atoms. The Bertz CT molecular complexity index is 324. The molecule has 0 aliphatic heterocycles. The van der Waals surface area contributed by atoms with Gasteiger partial charge in [0.1, 0.15) is 5.82 Å². The number of aryl methyl sites for hydroxylation is 1. The van der Waals surface area contributed by atoms with Crippen molar-refractivity contribution in [2.75, 3.05) is 6.54 Å². The second-order valence-electron chi connectivity index (χ2n) is 5.22. The van der Waals surface area contributed by atoms with E-state index in [9.17, 15) is 0 Å². The van der Waals surface area contributed by atoms with E-state index < -0.39 is 0 Å². The summed E-state index contributed by atoms with van der Waals surface area (Å²) in [6.07, 6.45) is 10.8. The maximum absolute atomic E-state index is 4.23. The van der Waals surface area contributed by atoms with E-state index in [0.717, 1.165) is 18.9 Å². The molecule has 1 aliphatic carbocycles. The fraction of sp³-hybridized carbons (Fsp3) is 0.769. The van der Waals surface area contributed by atoms with Crippen LogP contribution in [0.25, 0.3) is 0 Å². The zero-order valence-electron chi connectivity index (χ0n) is 10.5. The summed E-state index contributed by atoms with van der Waals surface area (Å²) in [5.74, 6) is 1.11. The molecule has 1 aromatic rings. The van der Waals surface area contributed by atoms with E-state index in [0.29, 0.717) is 5.54 Å². The first-order valence-electron chi connectivity index (χ1n) is 6.42. The summed E-state index contributed by atoms with van der Waals surface area (Å²) in [4.78, 5) is 4.23. The van der Waals surface area contributed by atoms with Gasteiger partial charge in [0.15, 0.2) is 0 Å². The number of imidazole rings is 1. The molecule has 0 amide bonds. The Morgan fingerprint density at radius 3 is 2.75 bits per heavy atom. The Hall–Kier alpha value is -0.830. The highest BCUT2D eigenvalue weighted by molar-refractivity contribution is 4.90. The lowest BCUT2D eigenvalue weighted by atomic mass is 9.83. The fourth-order valence-corrected chi connectivity index (χ4v) is 2.63. The second kappa shape index (κ2) is 5.00. The molecule has 0 spiro atoms. The molecule has 1 aromatic heterocycles. The summed E-state index contributed by atoms with van der Waals surface area (Å²) in [6, 6.07) is 0. The molecule has 1 saturated carbocycles. The van der Waals surface area contributed by atoms with E-state index in [1.807, 2.05) is 6.20 Å². The van der Waals surface area contributed by atoms with Gasteiger partial charge in [0.25, 0.3) is 0 Å². The van der Waals surface area contributed by atoms with E-state index in [-0.39, 0.29) is 0 Å². The average molecular weight is 221 g/mol. The van der Waals surface area contributed by atoms with Gasteiger partial charge in [-0.25, -0.2) is 4.98 Å². The number of aromatic nitrogens is 2. The number of nitrogens with one attached hydrogen (secondary N) is 1. The largest absolute Gasteiger partial charge is 0.334 e. The molecule has 0 unspecified atom stereocenters. The molecule has 1 heterocycles. The third kappa shape index (κ3) is 2.85. The van der Waals surface area contributed by atoms with Gasteiger partial charge in [0.2, 0.25) is 0 Å². The van der Waals surface area contributed by atoms with Crippen LogP contribution in [0.1, 0.15) is 44.9 Å². The van der Waals surface area contributed by atoms with Crippen LogP contribution >= 0.6 is 0 Å². The molecule has 0 aromatic carbocycles. The van der Waals surface area contributed by atoms with Crippen molar-refractivity contribution in [2.24, 2.45) is 0 Å². The van der Waals surface area contributed by atoms with Crippen LogP contribution in [0.15, 0.2) is 12.4 Å². The summed E-state index contributed by atoms with van der Waals surface area (Å²) in [5, 5.41) is 3.71. The highest BCUT2D eigenvalue weighted by atomic mass is 15.1. The lowest BCUT2D eigenvalue weighted by Gasteiger charge is -2.34. The zero-order chi connectivity index (χ0) is 11.4. The van der Waals surface area contributed by atoms with Gasteiger partial charge < -0.3 is 9.88 Å². The molecule has 16 heavy (non-hydrogen) atoms. The molecular formula is C13H23N3. The monoisotopic (exact) mass is 221 g/mol. The van der Waals surface area contributed by atoms with Crippen LogP contribution in [-0.2, 0) is 6.54 Å². The quantitative estimate of drug-likeness (QED) is 0.846. The summed E-state index contributed by atoms with van der Waals surface area (Å²) in [5.41, 5.74) is 0.382. The molecular weight excluding hydrogens is 198 g/mol. The molecule has 2 rings (SSSR count). The Kier molecular flexibility index (Phi) is 3.64. The van der Waals surface area contributed by atoms with Crippen molar-refractivity contribution in [1.82, 2.24) is 14.9 Å². The van der Waals surface area contributed by atoms with Crippen molar-refractivity contribution in [1.29, 1.82) is 0 Å². The molecule has 90 valence electrons. The zero-order valence-corrected chi connectivity index (χ0v) is 10.5. The maximum Gasteiger partial charge on any atom is 0.105 e. The maximum atomic E-state index is 4.23. The third-order valence-corrected chi connectivity index (χ3v) is 3.79. The van der Waals surface area contributed by atoms with Gasteiger partial charge in [0, 0.05) is 31.0 Å². The molecule has 1 aliphatic rings. The molecule has 1 fully saturated rings. The molecule has 3 nitrogen and oxygen atoms in total. The highest BCUT2D eigenvalue weighted by Gasteiger charge is 2.25. The summed E-state index contributed by atoms with van der Waals surface area (Å²) in [7, 11) is 0. The van der Waals surface area contributed by atoms with Crippen LogP contribution in [0.2, 0.25) is 0 Å². The summed E-state index contributed by atoms with van der Waals surface area (Å²) >= 11 is 0. The molecule has 1 N–H and O–H groups in total. The predicted octanol–water partition coefficient (Wildman–Crippen LogP) is 2.50. The van der Waals surface area contributed by atoms with E-state index in [1.165, 1.54) is 32.1 Å². The summed E-state index contributed by atoms with van der Waals surface area (Å²) < 4.78 is 2.21. The van der Waals surface area contributed by atoms with Crippen LogP contribution in [0.3, 0.4) is 0 Å². The van der Waals surface area contributed by atoms with Crippen molar-refractivity contribution in [3.05, 3.63) is 18.2 Å². The standard InChI is InChI=1S/C13H23N3/c1-12-14-8-10-16(12)11-9-15-13(2)6-4-3-5-7-13/h8,10,15H,3-7,9,11H2,1-2H3. The number of rotatable bonds is 4. The smallest absolute Gasteiger partial charge is 0.105 e. The minimum absolute atomic E-state index is 0.382. The predicted molar refractivity (Wildman–Crippen MR) is 66.5 cm³/mol. The van der Waals surface area contributed by atoms with Gasteiger partial charge >= 0.3 is 0 Å². The van der Waals surface area contributed by atoms with Crippen molar-refractivity contribution in [3.8, 4) is 0 Å². The minimum atomic E-state index is 0.382. The lowest BCUT2D eigenvalue weighted by Crippen LogP contribution is -2.45. The van der Waals surface area contributed by atoms with Crippen LogP contribution in [0.4, 0.5) is 0 Å². The first kappa shape index (κ1) is 11.6. The molecule has 0 atom stereocenters. The SMILES string of the molecule is Cc1nccn1CCNC1(C)CCCCC1. The third-order valence-electron chi connectivity index (χ3n) is 3.79. The Morgan fingerprint density at radius 2 is 2.12 bits per heavy atom. The van der Waals surface area contributed by atoms with E-state index in [2.05, 4.69) is 34.9 Å². The van der Waals surface area contributed by atoms with Gasteiger partial charge in [-0.15, -0.1) is 0 Å². The van der Waals surface area contributed by atoms with E-state index >= 15 is 0 Å². The topological polar surface area (TPSA) is 29.9 Å². The van der Waals surface area contributed by atoms with E-state index in [4.69, 9.17) is 0 Å². The van der Waals surface area contributed by atoms with E-state index in [1.54, 1.807) is 0 Å².